The van der Waals surface area contributed by atoms with Gasteiger partial charge in [-0.05, 0) is 12.1 Å². The number of rotatable bonds is 1. The summed E-state index contributed by atoms with van der Waals surface area (Å²) in [5, 5.41) is -0.238. The molecule has 0 bridgehead atoms. The summed E-state index contributed by atoms with van der Waals surface area (Å²) in [7, 11) is 0. The lowest BCUT2D eigenvalue weighted by Gasteiger charge is -2.18. The standard InChI is InChI=1S/C8H5Cl3F3N/c9-3-1-4(10)6(5(11)2-3)7(15)8(12,13)14/h1-2,7H,15H2/t7-/m0/s1. The van der Waals surface area contributed by atoms with Crippen molar-refractivity contribution in [2.75, 3.05) is 0 Å². The Hall–Kier alpha value is -0.160. The van der Waals surface area contributed by atoms with Gasteiger partial charge in [0.15, 0.2) is 0 Å². The van der Waals surface area contributed by atoms with Crippen LogP contribution in [-0.2, 0) is 0 Å². The molecule has 84 valence electrons. The van der Waals surface area contributed by atoms with Crippen molar-refractivity contribution in [2.45, 2.75) is 12.2 Å². The van der Waals surface area contributed by atoms with Crippen LogP contribution in [0, 0.1) is 0 Å². The van der Waals surface area contributed by atoms with Crippen LogP contribution in [0.15, 0.2) is 12.1 Å². The monoisotopic (exact) mass is 277 g/mol. The van der Waals surface area contributed by atoms with E-state index in [9.17, 15) is 13.2 Å². The molecular weight excluding hydrogens is 273 g/mol. The summed E-state index contributed by atoms with van der Waals surface area (Å²) in [5.74, 6) is 0. The SMILES string of the molecule is N[C@@H](c1c(Cl)cc(Cl)cc1Cl)C(F)(F)F. The van der Waals surface area contributed by atoms with Gasteiger partial charge in [0, 0.05) is 20.6 Å². The van der Waals surface area contributed by atoms with Gasteiger partial charge in [0.1, 0.15) is 6.04 Å². The van der Waals surface area contributed by atoms with Crippen LogP contribution < -0.4 is 5.73 Å². The van der Waals surface area contributed by atoms with Crippen molar-refractivity contribution in [3.63, 3.8) is 0 Å². The van der Waals surface area contributed by atoms with E-state index < -0.39 is 12.2 Å². The van der Waals surface area contributed by atoms with Crippen molar-refractivity contribution in [2.24, 2.45) is 5.73 Å². The van der Waals surface area contributed by atoms with Gasteiger partial charge >= 0.3 is 6.18 Å². The van der Waals surface area contributed by atoms with E-state index in [-0.39, 0.29) is 20.6 Å². The highest BCUT2D eigenvalue weighted by Crippen LogP contribution is 2.39. The van der Waals surface area contributed by atoms with Gasteiger partial charge in [-0.15, -0.1) is 0 Å². The van der Waals surface area contributed by atoms with E-state index in [1.54, 1.807) is 0 Å². The smallest absolute Gasteiger partial charge is 0.316 e. The molecule has 1 nitrogen and oxygen atoms in total. The summed E-state index contributed by atoms with van der Waals surface area (Å²) in [6, 6.07) is 0.112. The first-order valence-corrected chi connectivity index (χ1v) is 4.83. The van der Waals surface area contributed by atoms with Crippen LogP contribution >= 0.6 is 34.8 Å². The predicted octanol–water partition coefficient (Wildman–Crippen LogP) is 4.21. The number of hydrogen-bond acceptors (Lipinski definition) is 1. The molecule has 0 heterocycles. The summed E-state index contributed by atoms with van der Waals surface area (Å²) >= 11 is 16.7. The van der Waals surface area contributed by atoms with Crippen LogP contribution in [0.25, 0.3) is 0 Å². The van der Waals surface area contributed by atoms with E-state index in [1.807, 2.05) is 0 Å². The van der Waals surface area contributed by atoms with Gasteiger partial charge in [0.05, 0.1) is 0 Å². The molecule has 1 aromatic carbocycles. The molecule has 0 radical (unpaired) electrons. The molecule has 1 atom stereocenters. The van der Waals surface area contributed by atoms with E-state index in [1.165, 1.54) is 0 Å². The van der Waals surface area contributed by atoms with Crippen molar-refractivity contribution >= 4 is 34.8 Å². The molecule has 0 aliphatic heterocycles. The van der Waals surface area contributed by atoms with E-state index in [0.29, 0.717) is 0 Å². The third kappa shape index (κ3) is 2.91. The summed E-state index contributed by atoms with van der Waals surface area (Å²) in [6.45, 7) is 0. The highest BCUT2D eigenvalue weighted by Gasteiger charge is 2.40. The van der Waals surface area contributed by atoms with Crippen LogP contribution in [0.3, 0.4) is 0 Å². The molecule has 0 amide bonds. The molecular formula is C8H5Cl3F3N. The molecule has 0 aliphatic rings. The third-order valence-electron chi connectivity index (χ3n) is 1.71. The zero-order valence-electron chi connectivity index (χ0n) is 7.08. The van der Waals surface area contributed by atoms with Crippen LogP contribution in [0.5, 0.6) is 0 Å². The fraction of sp³-hybridized carbons (Fsp3) is 0.250. The van der Waals surface area contributed by atoms with Crippen molar-refractivity contribution in [3.8, 4) is 0 Å². The Kier molecular flexibility index (Phi) is 3.76. The summed E-state index contributed by atoms with van der Waals surface area (Å²) in [6.07, 6.45) is -4.60. The molecule has 15 heavy (non-hydrogen) atoms. The number of hydrogen-bond donors (Lipinski definition) is 1. The second-order valence-electron chi connectivity index (χ2n) is 2.80. The second kappa shape index (κ2) is 4.37. The molecule has 0 fully saturated rings. The Morgan fingerprint density at radius 2 is 1.47 bits per heavy atom. The lowest BCUT2D eigenvalue weighted by molar-refractivity contribution is -0.149. The summed E-state index contributed by atoms with van der Waals surface area (Å²) in [5.41, 5.74) is 4.62. The minimum absolute atomic E-state index is 0.156. The van der Waals surface area contributed by atoms with Gasteiger partial charge in [-0.1, -0.05) is 34.8 Å². The molecule has 0 saturated carbocycles. The Morgan fingerprint density at radius 3 is 1.80 bits per heavy atom. The normalized spacial score (nSPS) is 14.1. The van der Waals surface area contributed by atoms with Crippen molar-refractivity contribution < 1.29 is 13.2 Å². The maximum atomic E-state index is 12.3. The second-order valence-corrected chi connectivity index (χ2v) is 4.05. The Labute approximate surface area is 98.9 Å². The predicted molar refractivity (Wildman–Crippen MR) is 54.5 cm³/mol. The van der Waals surface area contributed by atoms with E-state index in [2.05, 4.69) is 0 Å². The van der Waals surface area contributed by atoms with Gasteiger partial charge in [0.2, 0.25) is 0 Å². The zero-order valence-corrected chi connectivity index (χ0v) is 9.34. The molecule has 1 aromatic rings. The molecule has 0 aromatic heterocycles. The Balaban J connectivity index is 3.26. The summed E-state index contributed by atoms with van der Waals surface area (Å²) in [4.78, 5) is 0. The number of halogens is 6. The molecule has 1 rings (SSSR count). The largest absolute Gasteiger partial charge is 0.407 e. The van der Waals surface area contributed by atoms with Gasteiger partial charge in [-0.25, -0.2) is 0 Å². The first kappa shape index (κ1) is 12.9. The number of alkyl halides is 3. The van der Waals surface area contributed by atoms with Crippen LogP contribution in [0.4, 0.5) is 13.2 Å². The molecule has 2 N–H and O–H groups in total. The minimum Gasteiger partial charge on any atom is -0.316 e. The molecule has 7 heteroatoms. The van der Waals surface area contributed by atoms with E-state index >= 15 is 0 Å². The molecule has 0 saturated heterocycles. The fourth-order valence-corrected chi connectivity index (χ4v) is 2.07. The lowest BCUT2D eigenvalue weighted by atomic mass is 10.1. The average Bonchev–Trinajstić information content (AvgIpc) is 1.99. The highest BCUT2D eigenvalue weighted by atomic mass is 35.5. The Morgan fingerprint density at radius 1 is 1.07 bits per heavy atom. The summed E-state index contributed by atoms with van der Waals surface area (Å²) < 4.78 is 37.0. The third-order valence-corrected chi connectivity index (χ3v) is 2.55. The highest BCUT2D eigenvalue weighted by molar-refractivity contribution is 6.39. The van der Waals surface area contributed by atoms with Gasteiger partial charge in [-0.3, -0.25) is 0 Å². The van der Waals surface area contributed by atoms with Crippen molar-refractivity contribution in [1.29, 1.82) is 0 Å². The lowest BCUT2D eigenvalue weighted by Crippen LogP contribution is -2.29. The van der Waals surface area contributed by atoms with Crippen LogP contribution in [0.1, 0.15) is 11.6 Å². The van der Waals surface area contributed by atoms with Gasteiger partial charge in [-0.2, -0.15) is 13.2 Å². The zero-order chi connectivity index (χ0) is 11.8. The molecule has 0 spiro atoms. The van der Waals surface area contributed by atoms with Crippen molar-refractivity contribution in [3.05, 3.63) is 32.8 Å². The van der Waals surface area contributed by atoms with E-state index in [0.717, 1.165) is 12.1 Å². The first-order chi connectivity index (χ1) is 6.73. The quantitative estimate of drug-likeness (QED) is 0.818. The first-order valence-electron chi connectivity index (χ1n) is 3.70. The van der Waals surface area contributed by atoms with Crippen molar-refractivity contribution in [1.82, 2.24) is 0 Å². The maximum Gasteiger partial charge on any atom is 0.407 e. The van der Waals surface area contributed by atoms with Crippen LogP contribution in [-0.4, -0.2) is 6.18 Å². The average molecular weight is 278 g/mol. The maximum absolute atomic E-state index is 12.3. The molecule has 0 unspecified atom stereocenters. The fourth-order valence-electron chi connectivity index (χ4n) is 1.01. The number of nitrogens with two attached hydrogens (primary N) is 1. The van der Waals surface area contributed by atoms with Crippen LogP contribution in [0.2, 0.25) is 15.1 Å². The van der Waals surface area contributed by atoms with E-state index in [4.69, 9.17) is 40.5 Å². The topological polar surface area (TPSA) is 26.0 Å². The van der Waals surface area contributed by atoms with Gasteiger partial charge in [0.25, 0.3) is 0 Å². The number of benzene rings is 1. The molecule has 0 aliphatic carbocycles. The van der Waals surface area contributed by atoms with Gasteiger partial charge < -0.3 is 5.73 Å². The Bertz CT molecular complexity index is 355. The minimum atomic E-state index is -4.60.